The third-order valence-electron chi connectivity index (χ3n) is 12.8. The predicted molar refractivity (Wildman–Crippen MR) is 287 cm³/mol. The van der Waals surface area contributed by atoms with Crippen LogP contribution in [0.3, 0.4) is 0 Å². The molecule has 0 aromatic rings. The third-order valence-corrected chi connectivity index (χ3v) is 12.8. The van der Waals surface area contributed by atoms with Crippen molar-refractivity contribution < 1.29 is 37.9 Å². The number of nitrogens with two attached hydrogens (primary N) is 4. The third kappa shape index (κ3) is 37.7. The first kappa shape index (κ1) is 68.4. The first-order chi connectivity index (χ1) is 31.9. The van der Waals surface area contributed by atoms with Gasteiger partial charge in [0.2, 0.25) is 0 Å². The zero-order valence-corrected chi connectivity index (χ0v) is 47.9. The van der Waals surface area contributed by atoms with Gasteiger partial charge >= 0.3 is 0 Å². The molecule has 0 aliphatic carbocycles. The molecular weight excluding hydrogens is 877 g/mol. The zero-order chi connectivity index (χ0) is 52.8. The molecule has 0 aliphatic heterocycles. The molecule has 16 heteroatoms. The minimum Gasteiger partial charge on any atom is -0.375 e. The van der Waals surface area contributed by atoms with Crippen LogP contribution in [0.15, 0.2) is 0 Å². The number of ether oxygens (including phenoxy) is 8. The van der Waals surface area contributed by atoms with Crippen LogP contribution in [0.5, 0.6) is 0 Å². The summed E-state index contributed by atoms with van der Waals surface area (Å²) in [6.07, 6.45) is 6.31. The van der Waals surface area contributed by atoms with E-state index in [4.69, 9.17) is 60.8 Å². The highest BCUT2D eigenvalue weighted by molar-refractivity contribution is 4.87. The summed E-state index contributed by atoms with van der Waals surface area (Å²) >= 11 is 0. The van der Waals surface area contributed by atoms with Crippen molar-refractivity contribution in [3.63, 3.8) is 0 Å². The van der Waals surface area contributed by atoms with Crippen LogP contribution >= 0.6 is 0 Å². The van der Waals surface area contributed by atoms with E-state index in [9.17, 15) is 0 Å². The summed E-state index contributed by atoms with van der Waals surface area (Å²) in [7, 11) is 0. The van der Waals surface area contributed by atoms with Crippen LogP contribution in [0.4, 0.5) is 0 Å². The van der Waals surface area contributed by atoms with Crippen molar-refractivity contribution in [3.8, 4) is 0 Å². The van der Waals surface area contributed by atoms with Crippen LogP contribution in [0, 0.1) is 5.41 Å². The van der Waals surface area contributed by atoms with E-state index in [1.165, 1.54) is 0 Å². The topological polar surface area (TPSA) is 226 Å². The molecule has 0 saturated heterocycles. The molecule has 0 bridgehead atoms. The van der Waals surface area contributed by atoms with Crippen LogP contribution in [0.2, 0.25) is 0 Å². The molecule has 16 nitrogen and oxygen atoms in total. The largest absolute Gasteiger partial charge is 0.375 e. The molecular formula is C53H116N8O8. The van der Waals surface area contributed by atoms with Crippen LogP contribution < -0.4 is 44.2 Å². The van der Waals surface area contributed by atoms with E-state index in [1.54, 1.807) is 0 Å². The molecule has 12 N–H and O–H groups in total. The zero-order valence-electron chi connectivity index (χ0n) is 47.9. The van der Waals surface area contributed by atoms with Gasteiger partial charge in [0.15, 0.2) is 0 Å². The number of hydrogen-bond acceptors (Lipinski definition) is 16. The molecule has 69 heavy (non-hydrogen) atoms. The van der Waals surface area contributed by atoms with Gasteiger partial charge in [0.05, 0.1) is 103 Å². The molecule has 0 rings (SSSR count). The lowest BCUT2D eigenvalue weighted by Crippen LogP contribution is -2.49. The number of hydrogen-bond donors (Lipinski definition) is 8. The number of rotatable bonds is 48. The maximum atomic E-state index is 7.00. The Balaban J connectivity index is 6.58. The molecule has 0 aliphatic rings. The van der Waals surface area contributed by atoms with Crippen molar-refractivity contribution in [2.24, 2.45) is 28.3 Å². The van der Waals surface area contributed by atoms with Crippen molar-refractivity contribution in [3.05, 3.63) is 0 Å². The standard InChI is InChI=1S/C53H116N8O8/c1-45(2,17-29-58-33-25-54)62-37-21-49(9,10)66-41-53(42-67-50(11,12)22-38-63-46(3,4)18-30-59-34-26-55,43-68-51(13,14)23-39-64-47(5,6)19-31-60-35-27-56)44-69-52(15,16)24-40-65-48(7,8)20-32-61-36-28-57/h58-61H,17-44,54-57H2,1-16H3. The normalized spacial score (nSPS) is 14.1. The van der Waals surface area contributed by atoms with E-state index in [-0.39, 0.29) is 22.4 Å². The van der Waals surface area contributed by atoms with Gasteiger partial charge in [-0.15, -0.1) is 0 Å². The van der Waals surface area contributed by atoms with Gasteiger partial charge in [-0.1, -0.05) is 0 Å². The fraction of sp³-hybridized carbons (Fsp3) is 1.00. The van der Waals surface area contributed by atoms with E-state index in [2.05, 4.69) is 132 Å². The second kappa shape index (κ2) is 34.0. The second-order valence-corrected chi connectivity index (χ2v) is 24.3. The van der Waals surface area contributed by atoms with Gasteiger partial charge in [-0.2, -0.15) is 0 Å². The molecule has 0 amide bonds. The Morgan fingerprint density at radius 3 is 0.594 bits per heavy atom. The quantitative estimate of drug-likeness (QED) is 0.0345. The Kier molecular flexibility index (Phi) is 33.7. The second-order valence-electron chi connectivity index (χ2n) is 24.3. The van der Waals surface area contributed by atoms with Gasteiger partial charge in [-0.3, -0.25) is 0 Å². The highest BCUT2D eigenvalue weighted by atomic mass is 16.6. The van der Waals surface area contributed by atoms with Crippen LogP contribution in [0.1, 0.15) is 162 Å². The van der Waals surface area contributed by atoms with E-state index in [0.29, 0.717) is 105 Å². The summed E-state index contributed by atoms with van der Waals surface area (Å²) in [5.74, 6) is 0. The van der Waals surface area contributed by atoms with E-state index < -0.39 is 27.8 Å². The van der Waals surface area contributed by atoms with E-state index in [0.717, 1.165) is 78.0 Å². The molecule has 0 spiro atoms. The summed E-state index contributed by atoms with van der Waals surface area (Å²) in [6, 6.07) is 0. The lowest BCUT2D eigenvalue weighted by atomic mass is 9.89. The monoisotopic (exact) mass is 993 g/mol. The summed E-state index contributed by atoms with van der Waals surface area (Å²) in [5.41, 5.74) is 18.8. The van der Waals surface area contributed by atoms with Crippen molar-refractivity contribution in [1.82, 2.24) is 21.3 Å². The molecule has 0 radical (unpaired) electrons. The minimum atomic E-state index is -0.698. The van der Waals surface area contributed by atoms with Gasteiger partial charge in [-0.25, -0.2) is 0 Å². The predicted octanol–water partition coefficient (Wildman–Crippen LogP) is 5.65. The molecule has 0 atom stereocenters. The van der Waals surface area contributed by atoms with Crippen LogP contribution in [0.25, 0.3) is 0 Å². The maximum Gasteiger partial charge on any atom is 0.0648 e. The fourth-order valence-corrected chi connectivity index (χ4v) is 6.98. The Morgan fingerprint density at radius 1 is 0.246 bits per heavy atom. The molecule has 0 aromatic carbocycles. The first-order valence-electron chi connectivity index (χ1n) is 26.6. The summed E-state index contributed by atoms with van der Waals surface area (Å²) in [4.78, 5) is 0. The highest BCUT2D eigenvalue weighted by Gasteiger charge is 2.41. The van der Waals surface area contributed by atoms with Gasteiger partial charge in [0.25, 0.3) is 0 Å². The fourth-order valence-electron chi connectivity index (χ4n) is 6.98. The average molecular weight is 994 g/mol. The van der Waals surface area contributed by atoms with E-state index >= 15 is 0 Å². The molecule has 0 unspecified atom stereocenters. The molecule has 416 valence electrons. The van der Waals surface area contributed by atoms with Gasteiger partial charge in [-0.05, 0) is 188 Å². The first-order valence-corrected chi connectivity index (χ1v) is 26.6. The summed E-state index contributed by atoms with van der Waals surface area (Å²) in [6.45, 7) is 46.8. The Bertz CT molecular complexity index is 1080. The lowest BCUT2D eigenvalue weighted by molar-refractivity contribution is -0.197. The molecule has 0 fully saturated rings. The smallest absolute Gasteiger partial charge is 0.0648 e. The summed E-state index contributed by atoms with van der Waals surface area (Å²) in [5, 5.41) is 13.5. The van der Waals surface area contributed by atoms with Crippen molar-refractivity contribution in [2.75, 3.05) is 131 Å². The Morgan fingerprint density at radius 2 is 0.420 bits per heavy atom. The lowest BCUT2D eigenvalue weighted by Gasteiger charge is -2.42. The van der Waals surface area contributed by atoms with Gasteiger partial charge in [0, 0.05) is 52.4 Å². The minimum absolute atomic E-state index is 0.291. The Hall–Kier alpha value is -0.640. The summed E-state index contributed by atoms with van der Waals surface area (Å²) < 4.78 is 53.8. The Labute approximate surface area is 424 Å². The van der Waals surface area contributed by atoms with Crippen LogP contribution in [-0.2, 0) is 37.9 Å². The molecule has 0 heterocycles. The van der Waals surface area contributed by atoms with Gasteiger partial charge in [0.1, 0.15) is 0 Å². The molecule has 0 saturated carbocycles. The number of nitrogens with one attached hydrogen (secondary N) is 4. The maximum absolute atomic E-state index is 7.00. The van der Waals surface area contributed by atoms with Crippen molar-refractivity contribution >= 4 is 0 Å². The van der Waals surface area contributed by atoms with Crippen LogP contribution in [-0.4, -0.2) is 176 Å². The van der Waals surface area contributed by atoms with Gasteiger partial charge < -0.3 is 82.1 Å². The van der Waals surface area contributed by atoms with E-state index in [1.807, 2.05) is 0 Å². The SMILES string of the molecule is CC(C)(CCNCCN)OCCC(C)(C)OCC(COC(C)(C)CCOC(C)(C)CCNCCN)(COC(C)(C)CCOC(C)(C)CCNCCN)COC(C)(C)CCOC(C)(C)CCNCCN. The van der Waals surface area contributed by atoms with Crippen molar-refractivity contribution in [1.29, 1.82) is 0 Å². The average Bonchev–Trinajstić information content (AvgIpc) is 3.23. The molecule has 0 aromatic heterocycles. The highest BCUT2D eigenvalue weighted by Crippen LogP contribution is 2.33. The van der Waals surface area contributed by atoms with Crippen molar-refractivity contribution in [2.45, 2.75) is 207 Å².